The lowest BCUT2D eigenvalue weighted by atomic mass is 9.83. The zero-order valence-electron chi connectivity index (χ0n) is 17.9. The molecule has 1 aliphatic carbocycles. The fourth-order valence-corrected chi connectivity index (χ4v) is 4.00. The van der Waals surface area contributed by atoms with Crippen LogP contribution >= 0.6 is 0 Å². The summed E-state index contributed by atoms with van der Waals surface area (Å²) in [5, 5.41) is 14.4. The maximum absolute atomic E-state index is 13.1. The van der Waals surface area contributed by atoms with Crippen molar-refractivity contribution in [2.75, 3.05) is 0 Å². The van der Waals surface area contributed by atoms with E-state index in [1.807, 2.05) is 0 Å². The van der Waals surface area contributed by atoms with E-state index in [0.29, 0.717) is 23.2 Å². The Balaban J connectivity index is 1.67. The second kappa shape index (κ2) is 9.30. The topological polar surface area (TPSA) is 90.1 Å². The Hall–Kier alpha value is -3.27. The third-order valence-corrected chi connectivity index (χ3v) is 5.68. The molecule has 3 aromatic rings. The summed E-state index contributed by atoms with van der Waals surface area (Å²) >= 11 is 0. The van der Waals surface area contributed by atoms with Crippen molar-refractivity contribution in [1.82, 2.24) is 19.7 Å². The van der Waals surface area contributed by atoms with Crippen molar-refractivity contribution in [2.45, 2.75) is 44.6 Å². The summed E-state index contributed by atoms with van der Waals surface area (Å²) in [5.41, 5.74) is 1.68. The SMILES string of the molecule is Cn1cc(-c2nc(C(=O)C[C@H]3CCCC[C@H]3O)cc(-c3ccc(OC(F)(F)F)cc3)n2)cn1. The fourth-order valence-electron chi connectivity index (χ4n) is 4.00. The van der Waals surface area contributed by atoms with Gasteiger partial charge in [0.1, 0.15) is 11.4 Å². The Kier molecular flexibility index (Phi) is 6.46. The first kappa shape index (κ1) is 22.9. The first-order valence-corrected chi connectivity index (χ1v) is 10.6. The molecular weight excluding hydrogens is 437 g/mol. The number of aliphatic hydroxyl groups is 1. The van der Waals surface area contributed by atoms with E-state index in [2.05, 4.69) is 19.8 Å². The van der Waals surface area contributed by atoms with E-state index in [9.17, 15) is 23.1 Å². The summed E-state index contributed by atoms with van der Waals surface area (Å²) in [6.45, 7) is 0. The highest BCUT2D eigenvalue weighted by atomic mass is 19.4. The van der Waals surface area contributed by atoms with Gasteiger partial charge in [-0.25, -0.2) is 9.97 Å². The molecule has 0 spiro atoms. The summed E-state index contributed by atoms with van der Waals surface area (Å²) < 4.78 is 42.9. The highest BCUT2D eigenvalue weighted by Crippen LogP contribution is 2.30. The van der Waals surface area contributed by atoms with Gasteiger partial charge in [-0.1, -0.05) is 12.8 Å². The summed E-state index contributed by atoms with van der Waals surface area (Å²) in [7, 11) is 1.74. The first-order chi connectivity index (χ1) is 15.7. The number of ether oxygens (including phenoxy) is 1. The molecule has 0 unspecified atom stereocenters. The molecule has 174 valence electrons. The normalized spacial score (nSPS) is 18.8. The second-order valence-corrected chi connectivity index (χ2v) is 8.18. The fraction of sp³-hybridized carbons (Fsp3) is 0.391. The van der Waals surface area contributed by atoms with Crippen LogP contribution < -0.4 is 4.74 Å². The molecule has 0 aliphatic heterocycles. The number of carbonyl (C=O) groups excluding carboxylic acids is 1. The molecule has 7 nitrogen and oxygen atoms in total. The molecule has 1 aromatic carbocycles. The molecule has 2 aromatic heterocycles. The van der Waals surface area contributed by atoms with Gasteiger partial charge in [0.15, 0.2) is 11.6 Å². The minimum Gasteiger partial charge on any atom is -0.406 e. The standard InChI is InChI=1S/C23H23F3N4O3/c1-30-13-16(12-27-30)22-28-18(14-6-8-17(9-7-14)33-23(24,25)26)11-19(29-22)21(32)10-15-4-2-3-5-20(15)31/h6-9,11-13,15,20,31H,2-5,10H2,1H3/t15-,20-/m1/s1. The second-order valence-electron chi connectivity index (χ2n) is 8.18. The van der Waals surface area contributed by atoms with Crippen LogP contribution in [-0.2, 0) is 7.05 Å². The lowest BCUT2D eigenvalue weighted by molar-refractivity contribution is -0.274. The number of benzene rings is 1. The number of alkyl halides is 3. The third kappa shape index (κ3) is 5.75. The molecule has 0 bridgehead atoms. The van der Waals surface area contributed by atoms with Crippen molar-refractivity contribution < 1.29 is 27.8 Å². The number of carbonyl (C=O) groups is 1. The third-order valence-electron chi connectivity index (χ3n) is 5.68. The molecule has 1 fully saturated rings. The molecule has 1 N–H and O–H groups in total. The molecule has 2 heterocycles. The summed E-state index contributed by atoms with van der Waals surface area (Å²) in [6.07, 6.45) is 1.52. The van der Waals surface area contributed by atoms with Crippen LogP contribution in [0.25, 0.3) is 22.6 Å². The van der Waals surface area contributed by atoms with E-state index < -0.39 is 12.5 Å². The number of aryl methyl sites for hydroxylation is 1. The predicted octanol–water partition coefficient (Wildman–Crippen LogP) is 4.57. The van der Waals surface area contributed by atoms with Crippen molar-refractivity contribution in [2.24, 2.45) is 13.0 Å². The van der Waals surface area contributed by atoms with Crippen LogP contribution in [0.3, 0.4) is 0 Å². The minimum atomic E-state index is -4.78. The van der Waals surface area contributed by atoms with Crippen molar-refractivity contribution in [3.8, 4) is 28.4 Å². The van der Waals surface area contributed by atoms with E-state index in [1.165, 1.54) is 30.3 Å². The number of hydrogen-bond donors (Lipinski definition) is 1. The molecule has 2 atom stereocenters. The highest BCUT2D eigenvalue weighted by molar-refractivity contribution is 5.95. The molecular formula is C23H23F3N4O3. The van der Waals surface area contributed by atoms with Gasteiger partial charge in [0.2, 0.25) is 0 Å². The van der Waals surface area contributed by atoms with E-state index in [0.717, 1.165) is 19.3 Å². The maximum Gasteiger partial charge on any atom is 0.573 e. The lowest BCUT2D eigenvalue weighted by Crippen LogP contribution is -2.27. The Morgan fingerprint density at radius 3 is 2.52 bits per heavy atom. The van der Waals surface area contributed by atoms with E-state index in [1.54, 1.807) is 24.1 Å². The van der Waals surface area contributed by atoms with E-state index >= 15 is 0 Å². The summed E-state index contributed by atoms with van der Waals surface area (Å²) in [6, 6.07) is 6.78. The van der Waals surface area contributed by atoms with Gasteiger partial charge in [-0.2, -0.15) is 5.10 Å². The van der Waals surface area contributed by atoms with E-state index in [-0.39, 0.29) is 35.4 Å². The molecule has 1 aliphatic rings. The minimum absolute atomic E-state index is 0.120. The molecule has 33 heavy (non-hydrogen) atoms. The Morgan fingerprint density at radius 2 is 1.88 bits per heavy atom. The van der Waals surface area contributed by atoms with E-state index in [4.69, 9.17) is 0 Å². The molecule has 0 amide bonds. The lowest BCUT2D eigenvalue weighted by Gasteiger charge is -2.26. The van der Waals surface area contributed by atoms with Gasteiger partial charge in [0.05, 0.1) is 23.6 Å². The van der Waals surface area contributed by atoms with Crippen LogP contribution in [-0.4, -0.2) is 43.1 Å². The first-order valence-electron chi connectivity index (χ1n) is 10.6. The molecule has 0 saturated heterocycles. The van der Waals surface area contributed by atoms with Crippen LogP contribution in [0.2, 0.25) is 0 Å². The highest BCUT2D eigenvalue weighted by Gasteiger charge is 2.31. The quantitative estimate of drug-likeness (QED) is 0.542. The van der Waals surface area contributed by atoms with Crippen molar-refractivity contribution in [1.29, 1.82) is 0 Å². The van der Waals surface area contributed by atoms with Crippen molar-refractivity contribution in [3.05, 3.63) is 48.4 Å². The average Bonchev–Trinajstić information content (AvgIpc) is 3.21. The van der Waals surface area contributed by atoms with Crippen LogP contribution in [0.1, 0.15) is 42.6 Å². The number of Topliss-reactive ketones (excluding diaryl/α,β-unsaturated/α-hetero) is 1. The van der Waals surface area contributed by atoms with Crippen LogP contribution in [0, 0.1) is 5.92 Å². The maximum atomic E-state index is 13.1. The van der Waals surface area contributed by atoms with Gasteiger partial charge in [-0.15, -0.1) is 13.2 Å². The monoisotopic (exact) mass is 460 g/mol. The van der Waals surface area contributed by atoms with Gasteiger partial charge >= 0.3 is 6.36 Å². The Labute approximate surface area is 188 Å². The molecule has 10 heteroatoms. The van der Waals surface area contributed by atoms with Crippen LogP contribution in [0.5, 0.6) is 5.75 Å². The predicted molar refractivity (Wildman–Crippen MR) is 113 cm³/mol. The Morgan fingerprint density at radius 1 is 1.15 bits per heavy atom. The van der Waals surface area contributed by atoms with Gasteiger partial charge in [0.25, 0.3) is 0 Å². The van der Waals surface area contributed by atoms with Crippen molar-refractivity contribution in [3.63, 3.8) is 0 Å². The molecule has 0 radical (unpaired) electrons. The largest absolute Gasteiger partial charge is 0.573 e. The number of nitrogens with zero attached hydrogens (tertiary/aromatic N) is 4. The van der Waals surface area contributed by atoms with Gasteiger partial charge < -0.3 is 9.84 Å². The number of ketones is 1. The van der Waals surface area contributed by atoms with Crippen molar-refractivity contribution >= 4 is 5.78 Å². The van der Waals surface area contributed by atoms with Crippen LogP contribution in [0.4, 0.5) is 13.2 Å². The zero-order chi connectivity index (χ0) is 23.6. The Bertz CT molecular complexity index is 1130. The molecule has 1 saturated carbocycles. The van der Waals surface area contributed by atoms with Gasteiger partial charge in [0, 0.05) is 25.2 Å². The number of hydrogen-bond acceptors (Lipinski definition) is 6. The number of halogens is 3. The number of aliphatic hydroxyl groups excluding tert-OH is 1. The summed E-state index contributed by atoms with van der Waals surface area (Å²) in [4.78, 5) is 22.0. The summed E-state index contributed by atoms with van der Waals surface area (Å²) in [5.74, 6) is -0.406. The van der Waals surface area contributed by atoms with Gasteiger partial charge in [-0.05, 0) is 49.1 Å². The average molecular weight is 460 g/mol. The molecule has 4 rings (SSSR count). The number of rotatable bonds is 6. The number of aromatic nitrogens is 4. The zero-order valence-corrected chi connectivity index (χ0v) is 17.9. The van der Waals surface area contributed by atoms with Crippen LogP contribution in [0.15, 0.2) is 42.7 Å². The van der Waals surface area contributed by atoms with Gasteiger partial charge in [-0.3, -0.25) is 9.48 Å². The smallest absolute Gasteiger partial charge is 0.406 e.